The Labute approximate surface area is 375 Å². The zero-order valence-electron chi connectivity index (χ0n) is 35.7. The molecule has 8 aromatic carbocycles. The van der Waals surface area contributed by atoms with Gasteiger partial charge in [-0.15, -0.1) is 0 Å². The minimum atomic E-state index is 0.814. The van der Waals surface area contributed by atoms with Gasteiger partial charge in [-0.25, -0.2) is 0 Å². The molecule has 2 aliphatic rings. The van der Waals surface area contributed by atoms with Gasteiger partial charge in [0.15, 0.2) is 0 Å². The van der Waals surface area contributed by atoms with Crippen LogP contribution in [-0.4, -0.2) is 18.3 Å². The highest BCUT2D eigenvalue weighted by atomic mass is 15.0. The average molecular weight is 831 g/mol. The molecular weight excluding hydrogens is 789 g/mol. The van der Waals surface area contributed by atoms with Crippen molar-refractivity contribution in [3.63, 3.8) is 0 Å². The zero-order valence-corrected chi connectivity index (χ0v) is 35.7. The Hall–Kier alpha value is -8.34. The van der Waals surface area contributed by atoms with Crippen LogP contribution in [0.1, 0.15) is 28.9 Å². The molecule has 0 saturated carbocycles. The van der Waals surface area contributed by atoms with Gasteiger partial charge in [0, 0.05) is 83.8 Å². The summed E-state index contributed by atoms with van der Waals surface area (Å²) in [6, 6.07) is 71.2. The van der Waals surface area contributed by atoms with Crippen molar-refractivity contribution in [2.45, 2.75) is 19.3 Å². The third kappa shape index (κ3) is 5.31. The summed E-state index contributed by atoms with van der Waals surface area (Å²) < 4.78 is 9.85. The van der Waals surface area contributed by atoms with Gasteiger partial charge < -0.3 is 18.3 Å². The molecule has 0 bridgehead atoms. The Balaban J connectivity index is 0.859. The molecule has 0 saturated heterocycles. The highest BCUT2D eigenvalue weighted by Gasteiger charge is 2.25. The number of para-hydroxylation sites is 5. The molecule has 0 N–H and O–H groups in total. The smallest absolute Gasteiger partial charge is 0.0548 e. The standard InChI is InChI=1S/C61H42N4/c1-3-15-42(16-4-1)62-52-23-11-7-19-46(52)50-39-51-47-20-8-12-24-53(47)63(57(51)36-35-56(50)62)44-31-27-40(28-32-44)41-29-33-45(34-30-41)65-55-26-14-10-22-49(55)61-59(65)38-37-58-60(61)48-21-9-13-25-54(48)64(58)43-17-5-2-6-18-43/h1-13,15-25,27-35,37-39H,14,26,36H2. The first kappa shape index (κ1) is 36.2. The fourth-order valence-corrected chi connectivity index (χ4v) is 11.3. The van der Waals surface area contributed by atoms with Crippen LogP contribution >= 0.6 is 0 Å². The lowest BCUT2D eigenvalue weighted by Crippen LogP contribution is -2.28. The van der Waals surface area contributed by atoms with Gasteiger partial charge >= 0.3 is 0 Å². The third-order valence-electron chi connectivity index (χ3n) is 14.1. The van der Waals surface area contributed by atoms with Crippen molar-refractivity contribution >= 4 is 72.7 Å². The second-order valence-corrected chi connectivity index (χ2v) is 17.5. The minimum absolute atomic E-state index is 0.814. The van der Waals surface area contributed by atoms with E-state index in [1.807, 2.05) is 0 Å². The molecule has 0 amide bonds. The lowest BCUT2D eigenvalue weighted by atomic mass is 9.99. The van der Waals surface area contributed by atoms with E-state index in [9.17, 15) is 0 Å². The van der Waals surface area contributed by atoms with E-state index in [1.165, 1.54) is 121 Å². The number of aromatic nitrogens is 4. The molecule has 12 aromatic rings. The summed E-state index contributed by atoms with van der Waals surface area (Å²) >= 11 is 0. The molecule has 4 nitrogen and oxygen atoms in total. The molecule has 0 atom stereocenters. The molecule has 65 heavy (non-hydrogen) atoms. The van der Waals surface area contributed by atoms with Crippen LogP contribution in [0.25, 0.3) is 107 Å². The summed E-state index contributed by atoms with van der Waals surface area (Å²) in [6.45, 7) is 0. The lowest BCUT2D eigenvalue weighted by molar-refractivity contribution is 0.888. The van der Waals surface area contributed by atoms with Crippen LogP contribution in [0.15, 0.2) is 200 Å². The quantitative estimate of drug-likeness (QED) is 0.165. The largest absolute Gasteiger partial charge is 0.313 e. The van der Waals surface area contributed by atoms with E-state index in [0.29, 0.717) is 0 Å². The molecule has 4 heteroatoms. The minimum Gasteiger partial charge on any atom is -0.313 e. The second kappa shape index (κ2) is 14.1. The fourth-order valence-electron chi connectivity index (χ4n) is 11.3. The van der Waals surface area contributed by atoms with E-state index in [-0.39, 0.29) is 0 Å². The summed E-state index contributed by atoms with van der Waals surface area (Å²) in [5.74, 6) is 0. The van der Waals surface area contributed by atoms with Crippen molar-refractivity contribution in [2.75, 3.05) is 0 Å². The molecule has 4 heterocycles. The number of allylic oxidation sites excluding steroid dienone is 1. The van der Waals surface area contributed by atoms with E-state index in [4.69, 9.17) is 0 Å². The first-order valence-electron chi connectivity index (χ1n) is 22.8. The van der Waals surface area contributed by atoms with Crippen LogP contribution < -0.4 is 10.6 Å². The molecule has 0 radical (unpaired) electrons. The highest BCUT2D eigenvalue weighted by molar-refractivity contribution is 6.23. The van der Waals surface area contributed by atoms with Gasteiger partial charge in [-0.2, -0.15) is 0 Å². The van der Waals surface area contributed by atoms with Crippen molar-refractivity contribution in [3.8, 4) is 33.9 Å². The number of nitrogens with zero attached hydrogens (tertiary/aromatic N) is 4. The van der Waals surface area contributed by atoms with E-state index < -0.39 is 0 Å². The number of fused-ring (bicyclic) bond motifs is 13. The van der Waals surface area contributed by atoms with Crippen LogP contribution in [0.5, 0.6) is 0 Å². The van der Waals surface area contributed by atoms with E-state index in [2.05, 4.69) is 237 Å². The Morgan fingerprint density at radius 3 is 1.52 bits per heavy atom. The first-order valence-corrected chi connectivity index (χ1v) is 22.8. The number of hydrogen-bond donors (Lipinski definition) is 0. The van der Waals surface area contributed by atoms with Crippen molar-refractivity contribution in [3.05, 3.63) is 233 Å². The zero-order chi connectivity index (χ0) is 42.6. The van der Waals surface area contributed by atoms with Crippen molar-refractivity contribution in [1.82, 2.24) is 18.3 Å². The Morgan fingerprint density at radius 1 is 0.354 bits per heavy atom. The van der Waals surface area contributed by atoms with Gasteiger partial charge in [-0.3, -0.25) is 0 Å². The normalized spacial score (nSPS) is 13.2. The first-order chi connectivity index (χ1) is 32.3. The Bertz CT molecular complexity index is 4040. The van der Waals surface area contributed by atoms with Crippen LogP contribution in [-0.2, 0) is 12.8 Å². The molecule has 0 aliphatic heterocycles. The highest BCUT2D eigenvalue weighted by Crippen LogP contribution is 2.43. The summed E-state index contributed by atoms with van der Waals surface area (Å²) in [4.78, 5) is 0. The maximum Gasteiger partial charge on any atom is 0.0548 e. The van der Waals surface area contributed by atoms with Gasteiger partial charge in [-0.1, -0.05) is 133 Å². The SMILES string of the molecule is C1=Cc2c(n(-c3ccc(-c4ccc(-n5c6c(c7ccccc75)C=c5c(n(-c7ccccc7)c7ccccc57)=CC6)cc4)cc3)c3ccc4c(c5ccccc5n4-c4ccccc4)c23)CC1. The number of benzene rings is 8. The van der Waals surface area contributed by atoms with E-state index in [1.54, 1.807) is 0 Å². The van der Waals surface area contributed by atoms with Crippen LogP contribution in [0, 0.1) is 0 Å². The second-order valence-electron chi connectivity index (χ2n) is 17.5. The fraction of sp³-hybridized carbons (Fsp3) is 0.0492. The summed E-state index contributed by atoms with van der Waals surface area (Å²) in [6.07, 6.45) is 12.5. The van der Waals surface area contributed by atoms with Crippen LogP contribution in [0.3, 0.4) is 0 Å². The third-order valence-corrected chi connectivity index (χ3v) is 14.1. The molecule has 0 spiro atoms. The van der Waals surface area contributed by atoms with Crippen molar-refractivity contribution in [1.29, 1.82) is 0 Å². The molecule has 0 fully saturated rings. The summed E-state index contributed by atoms with van der Waals surface area (Å²) in [5, 5.41) is 9.02. The molecule has 0 unspecified atom stereocenters. The average Bonchev–Trinajstić information content (AvgIpc) is 4.05. The van der Waals surface area contributed by atoms with Gasteiger partial charge in [0.1, 0.15) is 0 Å². The van der Waals surface area contributed by atoms with E-state index in [0.717, 1.165) is 19.3 Å². The van der Waals surface area contributed by atoms with E-state index >= 15 is 0 Å². The van der Waals surface area contributed by atoms with Crippen LogP contribution in [0.4, 0.5) is 0 Å². The van der Waals surface area contributed by atoms with Gasteiger partial charge in [0.2, 0.25) is 0 Å². The molecule has 14 rings (SSSR count). The predicted octanol–water partition coefficient (Wildman–Crippen LogP) is 13.4. The maximum atomic E-state index is 2.52. The van der Waals surface area contributed by atoms with Crippen molar-refractivity contribution in [2.24, 2.45) is 0 Å². The lowest BCUT2D eigenvalue weighted by Gasteiger charge is -2.14. The van der Waals surface area contributed by atoms with Crippen molar-refractivity contribution < 1.29 is 0 Å². The molecule has 306 valence electrons. The predicted molar refractivity (Wildman–Crippen MR) is 271 cm³/mol. The maximum absolute atomic E-state index is 2.52. The molecular formula is C61H42N4. The molecule has 2 aliphatic carbocycles. The van der Waals surface area contributed by atoms with Crippen LogP contribution in [0.2, 0.25) is 0 Å². The van der Waals surface area contributed by atoms with Gasteiger partial charge in [-0.05, 0) is 109 Å². The monoisotopic (exact) mass is 830 g/mol. The van der Waals surface area contributed by atoms with Gasteiger partial charge in [0.25, 0.3) is 0 Å². The van der Waals surface area contributed by atoms with Gasteiger partial charge in [0.05, 0.1) is 32.9 Å². The number of rotatable bonds is 5. The topological polar surface area (TPSA) is 19.7 Å². The molecule has 4 aromatic heterocycles. The summed E-state index contributed by atoms with van der Waals surface area (Å²) in [7, 11) is 0. The summed E-state index contributed by atoms with van der Waals surface area (Å²) in [5.41, 5.74) is 18.7. The Morgan fingerprint density at radius 2 is 0.862 bits per heavy atom. The number of hydrogen-bond acceptors (Lipinski definition) is 0. The Kier molecular flexibility index (Phi) is 7.84.